The maximum atomic E-state index is 11.1. The van der Waals surface area contributed by atoms with E-state index in [1.54, 1.807) is 18.2 Å². The number of hydrogen-bond donors (Lipinski definition) is 2. The van der Waals surface area contributed by atoms with E-state index in [1.807, 2.05) is 6.92 Å². The smallest absolute Gasteiger partial charge is 0.339 e. The van der Waals surface area contributed by atoms with Crippen molar-refractivity contribution < 1.29 is 9.90 Å². The summed E-state index contributed by atoms with van der Waals surface area (Å²) in [5.41, 5.74) is 0.725. The van der Waals surface area contributed by atoms with Crippen LogP contribution in [0.25, 0.3) is 0 Å². The Morgan fingerprint density at radius 3 is 2.59 bits per heavy atom. The van der Waals surface area contributed by atoms with Gasteiger partial charge in [0.2, 0.25) is 0 Å². The van der Waals surface area contributed by atoms with Crippen molar-refractivity contribution in [2.75, 3.05) is 5.32 Å². The van der Waals surface area contributed by atoms with Crippen LogP contribution in [0.1, 0.15) is 37.6 Å². The molecule has 0 amide bonds. The summed E-state index contributed by atoms with van der Waals surface area (Å²) in [6, 6.07) is 5.29. The summed E-state index contributed by atoms with van der Waals surface area (Å²) in [5, 5.41) is 12.6. The fourth-order valence-corrected chi connectivity index (χ4v) is 2.15. The second-order valence-electron chi connectivity index (χ2n) is 4.64. The van der Waals surface area contributed by atoms with E-state index in [-0.39, 0.29) is 16.6 Å². The largest absolute Gasteiger partial charge is 0.478 e. The van der Waals surface area contributed by atoms with Crippen LogP contribution in [0.2, 0.25) is 5.02 Å². The van der Waals surface area contributed by atoms with Gasteiger partial charge in [0.25, 0.3) is 0 Å². The van der Waals surface area contributed by atoms with Crippen LogP contribution in [0.5, 0.6) is 0 Å². The van der Waals surface area contributed by atoms with Gasteiger partial charge in [-0.25, -0.2) is 4.79 Å². The monoisotopic (exact) mass is 255 g/mol. The average molecular weight is 256 g/mol. The van der Waals surface area contributed by atoms with Crippen LogP contribution >= 0.6 is 11.6 Å². The molecule has 1 rings (SSSR count). The van der Waals surface area contributed by atoms with Crippen LogP contribution in [-0.2, 0) is 0 Å². The van der Waals surface area contributed by atoms with Crippen LogP contribution in [-0.4, -0.2) is 17.1 Å². The number of aromatic carboxylic acids is 1. The SMILES string of the molecule is CC(C)CC(C)Nc1cccc(Cl)c1C(=O)O. The highest BCUT2D eigenvalue weighted by Gasteiger charge is 2.15. The van der Waals surface area contributed by atoms with Crippen molar-refractivity contribution >= 4 is 23.3 Å². The first-order chi connectivity index (χ1) is 7.91. The maximum Gasteiger partial charge on any atom is 0.339 e. The lowest BCUT2D eigenvalue weighted by Crippen LogP contribution is -2.19. The molecule has 1 aromatic rings. The number of halogens is 1. The van der Waals surface area contributed by atoms with Crippen molar-refractivity contribution in [2.45, 2.75) is 33.2 Å². The highest BCUT2D eigenvalue weighted by molar-refractivity contribution is 6.34. The summed E-state index contributed by atoms with van der Waals surface area (Å²) in [4.78, 5) is 11.1. The number of rotatable bonds is 5. The highest BCUT2D eigenvalue weighted by Crippen LogP contribution is 2.25. The summed E-state index contributed by atoms with van der Waals surface area (Å²) in [6.07, 6.45) is 0.978. The molecule has 2 N–H and O–H groups in total. The number of carboxylic acids is 1. The molecule has 1 atom stereocenters. The number of benzene rings is 1. The quantitative estimate of drug-likeness (QED) is 0.839. The zero-order valence-electron chi connectivity index (χ0n) is 10.3. The summed E-state index contributed by atoms with van der Waals surface area (Å²) in [5.74, 6) is -0.445. The zero-order valence-corrected chi connectivity index (χ0v) is 11.1. The minimum absolute atomic E-state index is 0.143. The van der Waals surface area contributed by atoms with E-state index in [1.165, 1.54) is 0 Å². The third-order valence-electron chi connectivity index (χ3n) is 2.45. The maximum absolute atomic E-state index is 11.1. The standard InChI is InChI=1S/C13H18ClNO2/c1-8(2)7-9(3)15-11-6-4-5-10(14)12(11)13(16)17/h4-6,8-9,15H,7H2,1-3H3,(H,16,17). The molecule has 3 nitrogen and oxygen atoms in total. The topological polar surface area (TPSA) is 49.3 Å². The second-order valence-corrected chi connectivity index (χ2v) is 5.05. The number of nitrogens with one attached hydrogen (secondary N) is 1. The number of carbonyl (C=O) groups is 1. The minimum Gasteiger partial charge on any atom is -0.478 e. The van der Waals surface area contributed by atoms with Crippen LogP contribution in [0.4, 0.5) is 5.69 Å². The molecule has 4 heteroatoms. The number of carboxylic acid groups (broad SMARTS) is 1. The third kappa shape index (κ3) is 3.93. The molecule has 0 aromatic heterocycles. The molecule has 0 heterocycles. The van der Waals surface area contributed by atoms with Crippen LogP contribution < -0.4 is 5.32 Å². The number of hydrogen-bond acceptors (Lipinski definition) is 2. The normalized spacial score (nSPS) is 12.5. The van der Waals surface area contributed by atoms with E-state index < -0.39 is 5.97 Å². The predicted octanol–water partition coefficient (Wildman–Crippen LogP) is 3.88. The Balaban J connectivity index is 2.91. The van der Waals surface area contributed by atoms with Gasteiger partial charge in [-0.15, -0.1) is 0 Å². The molecule has 0 bridgehead atoms. The van der Waals surface area contributed by atoms with Gasteiger partial charge in [-0.3, -0.25) is 0 Å². The Morgan fingerprint density at radius 1 is 1.41 bits per heavy atom. The average Bonchev–Trinajstić information content (AvgIpc) is 2.15. The van der Waals surface area contributed by atoms with E-state index in [0.717, 1.165) is 6.42 Å². The van der Waals surface area contributed by atoms with Crippen molar-refractivity contribution in [3.8, 4) is 0 Å². The van der Waals surface area contributed by atoms with Gasteiger partial charge < -0.3 is 10.4 Å². The van der Waals surface area contributed by atoms with Gasteiger partial charge in [-0.1, -0.05) is 31.5 Å². The van der Waals surface area contributed by atoms with Crippen molar-refractivity contribution in [1.29, 1.82) is 0 Å². The molecule has 0 aliphatic carbocycles. The van der Waals surface area contributed by atoms with Crippen molar-refractivity contribution in [1.82, 2.24) is 0 Å². The molecule has 0 spiro atoms. The first-order valence-corrected chi connectivity index (χ1v) is 6.08. The fraction of sp³-hybridized carbons (Fsp3) is 0.462. The van der Waals surface area contributed by atoms with Crippen molar-refractivity contribution in [3.63, 3.8) is 0 Å². The van der Waals surface area contributed by atoms with Gasteiger partial charge in [0.05, 0.1) is 10.7 Å². The van der Waals surface area contributed by atoms with Gasteiger partial charge in [-0.05, 0) is 31.4 Å². The molecular formula is C13H18ClNO2. The Labute approximate surface area is 107 Å². The van der Waals surface area contributed by atoms with Gasteiger partial charge in [-0.2, -0.15) is 0 Å². The molecule has 0 aliphatic heterocycles. The van der Waals surface area contributed by atoms with E-state index in [9.17, 15) is 4.79 Å². The van der Waals surface area contributed by atoms with Crippen LogP contribution in [0.3, 0.4) is 0 Å². The highest BCUT2D eigenvalue weighted by atomic mass is 35.5. The molecule has 17 heavy (non-hydrogen) atoms. The van der Waals surface area contributed by atoms with Crippen LogP contribution in [0.15, 0.2) is 18.2 Å². The lowest BCUT2D eigenvalue weighted by atomic mass is 10.0. The molecule has 0 saturated carbocycles. The lowest BCUT2D eigenvalue weighted by molar-refractivity contribution is 0.0698. The Bertz CT molecular complexity index is 404. The van der Waals surface area contributed by atoms with Crippen LogP contribution in [0, 0.1) is 5.92 Å². The molecule has 94 valence electrons. The van der Waals surface area contributed by atoms with Gasteiger partial charge in [0.1, 0.15) is 5.56 Å². The molecule has 0 aliphatic rings. The van der Waals surface area contributed by atoms with Gasteiger partial charge in [0, 0.05) is 6.04 Å². The lowest BCUT2D eigenvalue weighted by Gasteiger charge is -2.19. The van der Waals surface area contributed by atoms with Crippen molar-refractivity contribution in [2.24, 2.45) is 5.92 Å². The minimum atomic E-state index is -1.00. The summed E-state index contributed by atoms with van der Waals surface area (Å²) in [6.45, 7) is 6.30. The van der Waals surface area contributed by atoms with E-state index >= 15 is 0 Å². The predicted molar refractivity (Wildman–Crippen MR) is 71.0 cm³/mol. The van der Waals surface area contributed by atoms with Gasteiger partial charge >= 0.3 is 5.97 Å². The second kappa shape index (κ2) is 5.92. The Hall–Kier alpha value is -1.22. The Kier molecular flexibility index (Phi) is 4.82. The summed E-state index contributed by atoms with van der Waals surface area (Å²) >= 11 is 5.89. The third-order valence-corrected chi connectivity index (χ3v) is 2.77. The first kappa shape index (κ1) is 13.8. The molecule has 0 radical (unpaired) electrons. The van der Waals surface area contributed by atoms with E-state index in [4.69, 9.17) is 16.7 Å². The molecular weight excluding hydrogens is 238 g/mol. The Morgan fingerprint density at radius 2 is 2.06 bits per heavy atom. The molecule has 0 saturated heterocycles. The fourth-order valence-electron chi connectivity index (χ4n) is 1.89. The number of anilines is 1. The first-order valence-electron chi connectivity index (χ1n) is 5.70. The van der Waals surface area contributed by atoms with E-state index in [2.05, 4.69) is 19.2 Å². The summed E-state index contributed by atoms with van der Waals surface area (Å²) in [7, 11) is 0. The molecule has 0 fully saturated rings. The zero-order chi connectivity index (χ0) is 13.0. The molecule has 1 unspecified atom stereocenters. The summed E-state index contributed by atoms with van der Waals surface area (Å²) < 4.78 is 0. The van der Waals surface area contributed by atoms with Crippen molar-refractivity contribution in [3.05, 3.63) is 28.8 Å². The molecule has 1 aromatic carbocycles. The van der Waals surface area contributed by atoms with Gasteiger partial charge in [0.15, 0.2) is 0 Å². The van der Waals surface area contributed by atoms with E-state index in [0.29, 0.717) is 11.6 Å².